The summed E-state index contributed by atoms with van der Waals surface area (Å²) >= 11 is 0. The first kappa shape index (κ1) is 21.4. The third kappa shape index (κ3) is 4.81. The van der Waals surface area contributed by atoms with Gasteiger partial charge in [-0.1, -0.05) is 12.1 Å². The van der Waals surface area contributed by atoms with Gasteiger partial charge in [-0.25, -0.2) is 4.98 Å². The zero-order valence-electron chi connectivity index (χ0n) is 16.1. The average Bonchev–Trinajstić information content (AvgIpc) is 2.73. The van der Waals surface area contributed by atoms with Crippen molar-refractivity contribution in [1.29, 1.82) is 0 Å². The number of carboxylic acid groups (broad SMARTS) is 1. The van der Waals surface area contributed by atoms with E-state index in [9.17, 15) is 27.9 Å². The molecule has 160 valence electrons. The highest BCUT2D eigenvalue weighted by Crippen LogP contribution is 2.32. The third-order valence-electron chi connectivity index (χ3n) is 5.01. The van der Waals surface area contributed by atoms with Crippen LogP contribution in [0.1, 0.15) is 12.0 Å². The van der Waals surface area contributed by atoms with Crippen LogP contribution in [0.15, 0.2) is 42.6 Å². The zero-order valence-corrected chi connectivity index (χ0v) is 16.1. The molecule has 0 bridgehead atoms. The van der Waals surface area contributed by atoms with E-state index in [0.29, 0.717) is 23.5 Å². The third-order valence-corrected chi connectivity index (χ3v) is 5.01. The van der Waals surface area contributed by atoms with Crippen molar-refractivity contribution in [2.75, 3.05) is 31.6 Å². The molecule has 2 aromatic rings. The predicted octanol–water partition coefficient (Wildman–Crippen LogP) is 1.74. The minimum absolute atomic E-state index is 0.0106. The maximum Gasteiger partial charge on any atom is 0.416 e. The summed E-state index contributed by atoms with van der Waals surface area (Å²) in [6, 6.07) is 7.73. The Bertz CT molecular complexity index is 918. The van der Waals surface area contributed by atoms with Crippen LogP contribution in [0.3, 0.4) is 0 Å². The van der Waals surface area contributed by atoms with Crippen LogP contribution in [0.4, 0.5) is 23.8 Å². The number of halogens is 3. The first-order valence-electron chi connectivity index (χ1n) is 9.26. The Hall–Kier alpha value is -3.30. The molecule has 2 heterocycles. The maximum absolute atomic E-state index is 12.9. The summed E-state index contributed by atoms with van der Waals surface area (Å²) in [7, 11) is 1.47. The Morgan fingerprint density at radius 2 is 1.97 bits per heavy atom. The van der Waals surface area contributed by atoms with Gasteiger partial charge in [0.05, 0.1) is 11.6 Å². The number of hydrogen-bond acceptors (Lipinski definition) is 5. The van der Waals surface area contributed by atoms with Gasteiger partial charge >= 0.3 is 6.18 Å². The maximum atomic E-state index is 12.9. The Balaban J connectivity index is 1.77. The number of carbonyl (C=O) groups excluding carboxylic acids is 2. The summed E-state index contributed by atoms with van der Waals surface area (Å²) in [5, 5.41) is 13.8. The highest BCUT2D eigenvalue weighted by Gasteiger charge is 2.31. The van der Waals surface area contributed by atoms with E-state index in [-0.39, 0.29) is 25.4 Å². The van der Waals surface area contributed by atoms with Gasteiger partial charge in [0, 0.05) is 44.9 Å². The van der Waals surface area contributed by atoms with Crippen LogP contribution in [-0.2, 0) is 11.0 Å². The van der Waals surface area contributed by atoms with Crippen LogP contribution in [0.2, 0.25) is 0 Å². The lowest BCUT2D eigenvalue weighted by atomic mass is 10.0. The van der Waals surface area contributed by atoms with Crippen LogP contribution in [0, 0.1) is 0 Å². The van der Waals surface area contributed by atoms with Gasteiger partial charge in [-0.15, -0.1) is 0 Å². The molecule has 0 radical (unpaired) electrons. The molecule has 1 aromatic heterocycles. The Kier molecular flexibility index (Phi) is 6.14. The topological polar surface area (TPSA) is 88.6 Å². The van der Waals surface area contributed by atoms with Gasteiger partial charge in [-0.2, -0.15) is 13.2 Å². The lowest BCUT2D eigenvalue weighted by Crippen LogP contribution is -2.59. The molecule has 1 aromatic carbocycles. The summed E-state index contributed by atoms with van der Waals surface area (Å²) in [5.74, 6) is 0.256. The molecule has 1 N–H and O–H groups in total. The van der Waals surface area contributed by atoms with E-state index in [1.54, 1.807) is 18.2 Å². The van der Waals surface area contributed by atoms with Gasteiger partial charge in [-0.3, -0.25) is 4.79 Å². The normalized spacial score (nSPS) is 17.0. The van der Waals surface area contributed by atoms with Gasteiger partial charge in [0.15, 0.2) is 0 Å². The van der Waals surface area contributed by atoms with Crippen LogP contribution < -0.4 is 15.3 Å². The van der Waals surface area contributed by atoms with Crippen LogP contribution in [-0.4, -0.2) is 54.6 Å². The van der Waals surface area contributed by atoms with E-state index < -0.39 is 23.9 Å². The van der Waals surface area contributed by atoms with Crippen LogP contribution in [0.25, 0.3) is 11.1 Å². The number of pyridine rings is 1. The van der Waals surface area contributed by atoms with Crippen molar-refractivity contribution in [1.82, 2.24) is 15.2 Å². The molecule has 1 aliphatic rings. The van der Waals surface area contributed by atoms with E-state index in [1.165, 1.54) is 19.3 Å². The van der Waals surface area contributed by atoms with Gasteiger partial charge in [-0.05, 0) is 29.8 Å². The average molecular weight is 421 g/mol. The fourth-order valence-electron chi connectivity index (χ4n) is 3.41. The summed E-state index contributed by atoms with van der Waals surface area (Å²) in [6.07, 6.45) is -4.30. The minimum atomic E-state index is -4.43. The highest BCUT2D eigenvalue weighted by molar-refractivity contribution is 5.77. The van der Waals surface area contributed by atoms with Gasteiger partial charge in [0.2, 0.25) is 5.91 Å². The van der Waals surface area contributed by atoms with Crippen molar-refractivity contribution in [2.24, 2.45) is 0 Å². The number of aromatic nitrogens is 1. The first-order chi connectivity index (χ1) is 14.2. The smallest absolute Gasteiger partial charge is 0.416 e. The molecule has 7 nitrogen and oxygen atoms in total. The standard InChI is InChI=1S/C20H21F3N4O3/c1-24-18(28)10-16-12-26(7-8-27(16)19(29)30)17-6-5-14(11-25-17)13-3-2-4-15(9-13)20(21,22)23/h2-6,9,11,16H,7-8,10,12H2,1H3,(H,24,28)(H,29,30)/p-1. The fourth-order valence-corrected chi connectivity index (χ4v) is 3.41. The molecule has 3 rings (SSSR count). The lowest BCUT2D eigenvalue weighted by molar-refractivity contribution is -0.268. The highest BCUT2D eigenvalue weighted by atomic mass is 19.4. The second-order valence-electron chi connectivity index (χ2n) is 6.92. The molecule has 2 amide bonds. The van der Waals surface area contributed by atoms with E-state index in [1.807, 2.05) is 4.90 Å². The van der Waals surface area contributed by atoms with Crippen LogP contribution in [0.5, 0.6) is 0 Å². The number of hydrogen-bond donors (Lipinski definition) is 1. The number of piperazine rings is 1. The van der Waals surface area contributed by atoms with Crippen molar-refractivity contribution in [3.8, 4) is 11.1 Å². The molecule has 1 atom stereocenters. The summed E-state index contributed by atoms with van der Waals surface area (Å²) in [6.45, 7) is 0.756. The summed E-state index contributed by atoms with van der Waals surface area (Å²) < 4.78 is 38.8. The number of rotatable bonds is 4. The summed E-state index contributed by atoms with van der Waals surface area (Å²) in [4.78, 5) is 30.4. The SMILES string of the molecule is CNC(=O)CC1CN(c2ccc(-c3cccc(C(F)(F)F)c3)cn2)CCN1C(=O)[O-]. The Morgan fingerprint density at radius 3 is 2.57 bits per heavy atom. The van der Waals surface area contributed by atoms with E-state index >= 15 is 0 Å². The van der Waals surface area contributed by atoms with Crippen molar-refractivity contribution < 1.29 is 27.9 Å². The molecule has 1 unspecified atom stereocenters. The van der Waals surface area contributed by atoms with E-state index in [0.717, 1.165) is 17.0 Å². The van der Waals surface area contributed by atoms with Gasteiger partial charge in [0.1, 0.15) is 11.9 Å². The number of nitrogens with zero attached hydrogens (tertiary/aromatic N) is 3. The van der Waals surface area contributed by atoms with Crippen molar-refractivity contribution in [3.63, 3.8) is 0 Å². The second kappa shape index (κ2) is 8.60. The summed E-state index contributed by atoms with van der Waals surface area (Å²) in [5.41, 5.74) is 0.183. The molecule has 0 aliphatic carbocycles. The zero-order chi connectivity index (χ0) is 21.9. The number of alkyl halides is 3. The quantitative estimate of drug-likeness (QED) is 0.813. The number of amides is 2. The molecular formula is C20H20F3N4O3-. The molecular weight excluding hydrogens is 401 g/mol. The van der Waals surface area contributed by atoms with Crippen LogP contribution >= 0.6 is 0 Å². The molecule has 1 fully saturated rings. The number of anilines is 1. The first-order valence-corrected chi connectivity index (χ1v) is 9.26. The van der Waals surface area contributed by atoms with Crippen molar-refractivity contribution in [3.05, 3.63) is 48.2 Å². The number of benzene rings is 1. The second-order valence-corrected chi connectivity index (χ2v) is 6.92. The van der Waals surface area contributed by atoms with E-state index in [2.05, 4.69) is 10.3 Å². The lowest BCUT2D eigenvalue weighted by Gasteiger charge is -2.43. The van der Waals surface area contributed by atoms with Crippen molar-refractivity contribution >= 4 is 17.8 Å². The predicted molar refractivity (Wildman–Crippen MR) is 101 cm³/mol. The largest absolute Gasteiger partial charge is 0.530 e. The fraction of sp³-hybridized carbons (Fsp3) is 0.350. The Morgan fingerprint density at radius 1 is 1.20 bits per heavy atom. The molecule has 0 saturated carbocycles. The molecule has 0 spiro atoms. The monoisotopic (exact) mass is 421 g/mol. The Labute approximate surface area is 171 Å². The molecule has 10 heteroatoms. The van der Waals surface area contributed by atoms with Gasteiger partial charge < -0.3 is 25.0 Å². The molecule has 1 saturated heterocycles. The number of carbonyl (C=O) groups is 2. The molecule has 1 aliphatic heterocycles. The minimum Gasteiger partial charge on any atom is -0.530 e. The van der Waals surface area contributed by atoms with E-state index in [4.69, 9.17) is 0 Å². The molecule has 30 heavy (non-hydrogen) atoms. The van der Waals surface area contributed by atoms with Gasteiger partial charge in [0.25, 0.3) is 0 Å². The van der Waals surface area contributed by atoms with Crippen molar-refractivity contribution in [2.45, 2.75) is 18.6 Å². The number of nitrogens with one attached hydrogen (secondary N) is 1.